The fourth-order valence-corrected chi connectivity index (χ4v) is 1.82. The Morgan fingerprint density at radius 1 is 1.40 bits per heavy atom. The molecule has 1 rings (SSSR count). The van der Waals surface area contributed by atoms with Crippen LogP contribution in [0.2, 0.25) is 0 Å². The van der Waals surface area contributed by atoms with Crippen molar-refractivity contribution < 1.29 is 13.2 Å². The Balaban J connectivity index is 3.42. The number of hydrazine groups is 1. The summed E-state index contributed by atoms with van der Waals surface area (Å²) in [6.07, 6.45) is 1.09. The van der Waals surface area contributed by atoms with Crippen molar-refractivity contribution in [1.82, 2.24) is 0 Å². The molecule has 15 heavy (non-hydrogen) atoms. The Labute approximate surface area is 88.2 Å². The molecular formula is C9H12N2O3S. The zero-order valence-electron chi connectivity index (χ0n) is 8.44. The minimum atomic E-state index is -3.30. The van der Waals surface area contributed by atoms with Crippen LogP contribution in [-0.2, 0) is 9.84 Å². The topological polar surface area (TPSA) is 89.3 Å². The maximum absolute atomic E-state index is 11.2. The third-order valence-electron chi connectivity index (χ3n) is 1.95. The van der Waals surface area contributed by atoms with E-state index in [1.165, 1.54) is 25.1 Å². The Morgan fingerprint density at radius 3 is 2.40 bits per heavy atom. The highest BCUT2D eigenvalue weighted by atomic mass is 32.2. The molecule has 0 fully saturated rings. The van der Waals surface area contributed by atoms with E-state index < -0.39 is 9.84 Å². The van der Waals surface area contributed by atoms with Crippen molar-refractivity contribution in [3.8, 4) is 0 Å². The van der Waals surface area contributed by atoms with Gasteiger partial charge >= 0.3 is 0 Å². The molecule has 0 spiro atoms. The summed E-state index contributed by atoms with van der Waals surface area (Å²) in [5, 5.41) is 0. The number of benzene rings is 1. The summed E-state index contributed by atoms with van der Waals surface area (Å²) in [4.78, 5) is 11.3. The number of sulfone groups is 1. The van der Waals surface area contributed by atoms with Crippen LogP contribution in [0.15, 0.2) is 23.1 Å². The van der Waals surface area contributed by atoms with Gasteiger partial charge in [0.05, 0.1) is 10.6 Å². The van der Waals surface area contributed by atoms with Crippen molar-refractivity contribution >= 4 is 21.3 Å². The third kappa shape index (κ3) is 2.54. The van der Waals surface area contributed by atoms with E-state index in [1.807, 2.05) is 0 Å². The molecule has 3 N–H and O–H groups in total. The lowest BCUT2D eigenvalue weighted by Gasteiger charge is -2.07. The quantitative estimate of drug-likeness (QED) is 0.448. The van der Waals surface area contributed by atoms with Crippen molar-refractivity contribution in [2.75, 3.05) is 11.7 Å². The number of nitrogens with two attached hydrogens (primary N) is 1. The van der Waals surface area contributed by atoms with Crippen LogP contribution < -0.4 is 11.3 Å². The van der Waals surface area contributed by atoms with Gasteiger partial charge < -0.3 is 5.43 Å². The largest absolute Gasteiger partial charge is 0.323 e. The molecule has 0 unspecified atom stereocenters. The van der Waals surface area contributed by atoms with Crippen LogP contribution in [0.1, 0.15) is 17.3 Å². The van der Waals surface area contributed by atoms with Crippen LogP contribution in [-0.4, -0.2) is 20.5 Å². The van der Waals surface area contributed by atoms with E-state index in [2.05, 4.69) is 5.43 Å². The molecule has 0 bridgehead atoms. The normalized spacial score (nSPS) is 11.1. The molecule has 82 valence electrons. The lowest BCUT2D eigenvalue weighted by atomic mass is 10.1. The molecule has 1 aromatic rings. The second-order valence-corrected chi connectivity index (χ2v) is 5.20. The molecule has 0 aliphatic carbocycles. The average molecular weight is 228 g/mol. The first-order valence-electron chi connectivity index (χ1n) is 4.18. The van der Waals surface area contributed by atoms with Gasteiger partial charge in [0.15, 0.2) is 15.6 Å². The highest BCUT2D eigenvalue weighted by Gasteiger charge is 2.12. The fraction of sp³-hybridized carbons (Fsp3) is 0.222. The van der Waals surface area contributed by atoms with E-state index in [9.17, 15) is 13.2 Å². The van der Waals surface area contributed by atoms with Gasteiger partial charge in [0, 0.05) is 11.8 Å². The lowest BCUT2D eigenvalue weighted by molar-refractivity contribution is 0.101. The Bertz CT molecular complexity index is 494. The van der Waals surface area contributed by atoms with Crippen LogP contribution in [0.3, 0.4) is 0 Å². The maximum Gasteiger partial charge on any atom is 0.175 e. The maximum atomic E-state index is 11.2. The standard InChI is InChI=1S/C9H12N2O3S/c1-6(12)8-5-7(15(2,13)14)3-4-9(8)11-10/h3-5,11H,10H2,1-2H3. The number of hydrogen-bond acceptors (Lipinski definition) is 5. The summed E-state index contributed by atoms with van der Waals surface area (Å²) in [6.45, 7) is 1.35. The molecular weight excluding hydrogens is 216 g/mol. The molecule has 0 heterocycles. The van der Waals surface area contributed by atoms with Crippen molar-refractivity contribution in [2.45, 2.75) is 11.8 Å². The molecule has 0 aliphatic rings. The van der Waals surface area contributed by atoms with E-state index in [4.69, 9.17) is 5.84 Å². The van der Waals surface area contributed by atoms with Crippen LogP contribution in [0.25, 0.3) is 0 Å². The van der Waals surface area contributed by atoms with Gasteiger partial charge in [0.25, 0.3) is 0 Å². The minimum Gasteiger partial charge on any atom is -0.323 e. The number of rotatable bonds is 3. The van der Waals surface area contributed by atoms with Crippen LogP contribution >= 0.6 is 0 Å². The summed E-state index contributed by atoms with van der Waals surface area (Å²) >= 11 is 0. The van der Waals surface area contributed by atoms with Gasteiger partial charge in [-0.3, -0.25) is 10.6 Å². The zero-order chi connectivity index (χ0) is 11.6. The van der Waals surface area contributed by atoms with E-state index >= 15 is 0 Å². The summed E-state index contributed by atoms with van der Waals surface area (Å²) in [6, 6.07) is 4.18. The number of Topliss-reactive ketones (excluding diaryl/α,β-unsaturated/α-hetero) is 1. The van der Waals surface area contributed by atoms with Gasteiger partial charge in [0.1, 0.15) is 0 Å². The minimum absolute atomic E-state index is 0.103. The fourth-order valence-electron chi connectivity index (χ4n) is 1.17. The molecule has 0 saturated heterocycles. The van der Waals surface area contributed by atoms with Crippen LogP contribution in [0, 0.1) is 0 Å². The SMILES string of the molecule is CC(=O)c1cc(S(C)(=O)=O)ccc1NN. The first-order chi connectivity index (χ1) is 6.86. The van der Waals surface area contributed by atoms with E-state index in [0.29, 0.717) is 5.69 Å². The lowest BCUT2D eigenvalue weighted by Crippen LogP contribution is -2.12. The molecule has 6 heteroatoms. The molecule has 0 radical (unpaired) electrons. The number of ketones is 1. The van der Waals surface area contributed by atoms with Gasteiger partial charge in [-0.1, -0.05) is 0 Å². The van der Waals surface area contributed by atoms with E-state index in [0.717, 1.165) is 6.26 Å². The second kappa shape index (κ2) is 4.00. The second-order valence-electron chi connectivity index (χ2n) is 3.18. The number of hydrogen-bond donors (Lipinski definition) is 2. The number of carbonyl (C=O) groups excluding carboxylic acids is 1. The first-order valence-corrected chi connectivity index (χ1v) is 6.07. The van der Waals surface area contributed by atoms with Gasteiger partial charge in [-0.2, -0.15) is 0 Å². The van der Waals surface area contributed by atoms with Crippen LogP contribution in [0.5, 0.6) is 0 Å². The molecule has 0 saturated carbocycles. The van der Waals surface area contributed by atoms with Gasteiger partial charge in [-0.05, 0) is 25.1 Å². The molecule has 0 aromatic heterocycles. The third-order valence-corrected chi connectivity index (χ3v) is 3.06. The molecule has 0 atom stereocenters. The molecule has 0 amide bonds. The Hall–Kier alpha value is -1.40. The predicted molar refractivity (Wildman–Crippen MR) is 57.4 cm³/mol. The van der Waals surface area contributed by atoms with Crippen molar-refractivity contribution in [2.24, 2.45) is 5.84 Å². The number of carbonyl (C=O) groups is 1. The van der Waals surface area contributed by atoms with Crippen LogP contribution in [0.4, 0.5) is 5.69 Å². The first kappa shape index (κ1) is 11.7. The van der Waals surface area contributed by atoms with Gasteiger partial charge in [0.2, 0.25) is 0 Å². The van der Waals surface area contributed by atoms with E-state index in [-0.39, 0.29) is 16.2 Å². The Morgan fingerprint density at radius 2 is 2.00 bits per heavy atom. The Kier molecular flexibility index (Phi) is 3.11. The monoisotopic (exact) mass is 228 g/mol. The smallest absolute Gasteiger partial charge is 0.175 e. The van der Waals surface area contributed by atoms with Gasteiger partial charge in [-0.25, -0.2) is 8.42 Å². The summed E-state index contributed by atoms with van der Waals surface area (Å²) < 4.78 is 22.5. The summed E-state index contributed by atoms with van der Waals surface area (Å²) in [5.41, 5.74) is 3.02. The number of nitrogens with one attached hydrogen (secondary N) is 1. The number of nitrogen functional groups attached to an aromatic ring is 1. The van der Waals surface area contributed by atoms with Crippen molar-refractivity contribution in [1.29, 1.82) is 0 Å². The predicted octanol–water partition coefficient (Wildman–Crippen LogP) is 0.578. The molecule has 1 aromatic carbocycles. The highest BCUT2D eigenvalue weighted by Crippen LogP contribution is 2.20. The van der Waals surface area contributed by atoms with Gasteiger partial charge in [-0.15, -0.1) is 0 Å². The zero-order valence-corrected chi connectivity index (χ0v) is 9.26. The molecule has 5 nitrogen and oxygen atoms in total. The average Bonchev–Trinajstić information content (AvgIpc) is 2.15. The van der Waals surface area contributed by atoms with E-state index in [1.54, 1.807) is 0 Å². The van der Waals surface area contributed by atoms with Crippen molar-refractivity contribution in [3.05, 3.63) is 23.8 Å². The summed E-state index contributed by atoms with van der Waals surface area (Å²) in [5.74, 6) is 4.95. The van der Waals surface area contributed by atoms with Crippen molar-refractivity contribution in [3.63, 3.8) is 0 Å². The molecule has 0 aliphatic heterocycles. The highest BCUT2D eigenvalue weighted by molar-refractivity contribution is 7.90. The number of anilines is 1. The summed E-state index contributed by atoms with van der Waals surface area (Å²) in [7, 11) is -3.30.